The molecule has 0 spiro atoms. The van der Waals surface area contributed by atoms with Gasteiger partial charge in [0.05, 0.1) is 12.5 Å². The molecule has 1 atom stereocenters. The highest BCUT2D eigenvalue weighted by molar-refractivity contribution is 14.1. The Balaban J connectivity index is 2.56. The molecule has 0 N–H and O–H groups in total. The number of ether oxygens (including phenoxy) is 1. The first-order valence-corrected chi connectivity index (χ1v) is 13.9. The summed E-state index contributed by atoms with van der Waals surface area (Å²) in [5, 5.41) is 2.28. The van der Waals surface area contributed by atoms with Gasteiger partial charge in [0.1, 0.15) is 5.60 Å². The van der Waals surface area contributed by atoms with Crippen molar-refractivity contribution in [2.24, 2.45) is 0 Å². The number of carbonyl (C=O) groups is 1. The van der Waals surface area contributed by atoms with Crippen molar-refractivity contribution in [3.05, 3.63) is 70.8 Å². The highest BCUT2D eigenvalue weighted by Gasteiger charge is 2.51. The summed E-state index contributed by atoms with van der Waals surface area (Å²) in [7, 11) is -2.73. The van der Waals surface area contributed by atoms with Crippen LogP contribution in [0.2, 0.25) is 5.04 Å². The van der Waals surface area contributed by atoms with Gasteiger partial charge in [0, 0.05) is 0 Å². The SMILES string of the molecule is CC(C)(C)OC(=O)C[C@H](C/C=C/I)O[Si](c1ccccc1)(c1ccccc1)C(C)(C)C. The van der Waals surface area contributed by atoms with Gasteiger partial charge in [-0.1, -0.05) is 110 Å². The van der Waals surface area contributed by atoms with Crippen LogP contribution in [0.15, 0.2) is 70.8 Å². The maximum Gasteiger partial charge on any atom is 0.308 e. The predicted octanol–water partition coefficient (Wildman–Crippen LogP) is 6.00. The topological polar surface area (TPSA) is 35.5 Å². The van der Waals surface area contributed by atoms with Gasteiger partial charge < -0.3 is 9.16 Å². The lowest BCUT2D eigenvalue weighted by molar-refractivity contribution is -0.156. The van der Waals surface area contributed by atoms with Crippen LogP contribution >= 0.6 is 22.6 Å². The van der Waals surface area contributed by atoms with Crippen molar-refractivity contribution in [1.82, 2.24) is 0 Å². The van der Waals surface area contributed by atoms with Gasteiger partial charge in [-0.3, -0.25) is 4.79 Å². The molecule has 0 bridgehead atoms. The summed E-state index contributed by atoms with van der Waals surface area (Å²) in [6.07, 6.45) is 2.68. The third-order valence-electron chi connectivity index (χ3n) is 5.06. The Hall–Kier alpha value is -1.44. The number of hydrogen-bond donors (Lipinski definition) is 0. The molecule has 0 fully saturated rings. The maximum absolute atomic E-state index is 12.7. The largest absolute Gasteiger partial charge is 0.460 e. The third-order valence-corrected chi connectivity index (χ3v) is 10.7. The summed E-state index contributed by atoms with van der Waals surface area (Å²) >= 11 is 2.21. The summed E-state index contributed by atoms with van der Waals surface area (Å²) in [6.45, 7) is 12.4. The Kier molecular flexibility index (Phi) is 9.10. The minimum absolute atomic E-state index is 0.143. The molecule has 0 heterocycles. The second-order valence-electron chi connectivity index (χ2n) is 9.79. The highest BCUT2D eigenvalue weighted by Crippen LogP contribution is 2.38. The van der Waals surface area contributed by atoms with Crippen LogP contribution in [-0.4, -0.2) is 26.0 Å². The van der Waals surface area contributed by atoms with Crippen molar-refractivity contribution < 1.29 is 14.0 Å². The average molecular weight is 551 g/mol. The normalized spacial score (nSPS) is 13.9. The quantitative estimate of drug-likeness (QED) is 0.230. The Bertz CT molecular complexity index is 812. The highest BCUT2D eigenvalue weighted by atomic mass is 127. The molecule has 0 aliphatic heterocycles. The average Bonchev–Trinajstić information content (AvgIpc) is 2.69. The summed E-state index contributed by atoms with van der Waals surface area (Å²) < 4.78 is 14.8. The van der Waals surface area contributed by atoms with Crippen molar-refractivity contribution in [2.75, 3.05) is 0 Å². The molecule has 2 rings (SSSR count). The second kappa shape index (κ2) is 10.9. The summed E-state index contributed by atoms with van der Waals surface area (Å²) in [5.41, 5.74) is -0.516. The van der Waals surface area contributed by atoms with E-state index in [0.717, 1.165) is 0 Å². The molecule has 0 saturated heterocycles. The van der Waals surface area contributed by atoms with Gasteiger partial charge in [0.25, 0.3) is 8.32 Å². The molecule has 0 aromatic heterocycles. The molecule has 0 aliphatic carbocycles. The fourth-order valence-corrected chi connectivity index (χ4v) is 8.87. The summed E-state index contributed by atoms with van der Waals surface area (Å²) in [4.78, 5) is 12.7. The van der Waals surface area contributed by atoms with E-state index >= 15 is 0 Å². The van der Waals surface area contributed by atoms with E-state index in [0.29, 0.717) is 6.42 Å². The van der Waals surface area contributed by atoms with E-state index in [1.54, 1.807) is 0 Å². The number of hydrogen-bond acceptors (Lipinski definition) is 3. The molecule has 0 radical (unpaired) electrons. The van der Waals surface area contributed by atoms with Gasteiger partial charge in [-0.05, 0) is 46.7 Å². The molecule has 5 heteroatoms. The monoisotopic (exact) mass is 550 g/mol. The molecule has 0 saturated carbocycles. The number of esters is 1. The zero-order chi connectivity index (χ0) is 23.1. The van der Waals surface area contributed by atoms with Crippen LogP contribution in [0.5, 0.6) is 0 Å². The smallest absolute Gasteiger partial charge is 0.308 e. The van der Waals surface area contributed by atoms with Crippen molar-refractivity contribution in [1.29, 1.82) is 0 Å². The standard InChI is InChI=1S/C26H35IO3Si/c1-25(2,3)29-24(28)20-21(14-13-19-27)30-31(26(4,5)6,22-15-9-7-10-16-22)23-17-11-8-12-18-23/h7-13,15-19,21H,14,20H2,1-6H3/b19-13+/t21-/m0/s1. The van der Waals surface area contributed by atoms with Gasteiger partial charge in [0.15, 0.2) is 0 Å². The van der Waals surface area contributed by atoms with Crippen LogP contribution in [0, 0.1) is 0 Å². The lowest BCUT2D eigenvalue weighted by Crippen LogP contribution is -2.67. The van der Waals surface area contributed by atoms with Crippen LogP contribution < -0.4 is 10.4 Å². The van der Waals surface area contributed by atoms with Crippen molar-refractivity contribution in [3.63, 3.8) is 0 Å². The summed E-state index contributed by atoms with van der Waals surface area (Å²) in [6, 6.07) is 21.0. The minimum atomic E-state index is -2.73. The number of benzene rings is 2. The van der Waals surface area contributed by atoms with E-state index in [-0.39, 0.29) is 23.5 Å². The molecule has 2 aromatic carbocycles. The fraction of sp³-hybridized carbons (Fsp3) is 0.423. The molecule has 2 aromatic rings. The molecular formula is C26H35IO3Si. The third kappa shape index (κ3) is 7.02. The zero-order valence-corrected chi connectivity index (χ0v) is 22.7. The fourth-order valence-electron chi connectivity index (χ4n) is 3.89. The van der Waals surface area contributed by atoms with Gasteiger partial charge in [0.2, 0.25) is 0 Å². The number of halogens is 1. The molecule has 0 unspecified atom stereocenters. The zero-order valence-electron chi connectivity index (χ0n) is 19.5. The number of rotatable bonds is 8. The van der Waals surface area contributed by atoms with Crippen molar-refractivity contribution >= 4 is 47.3 Å². The van der Waals surface area contributed by atoms with Gasteiger partial charge in [-0.15, -0.1) is 0 Å². The Morgan fingerprint density at radius 3 is 1.81 bits per heavy atom. The first-order chi connectivity index (χ1) is 14.5. The van der Waals surface area contributed by atoms with Crippen LogP contribution in [0.4, 0.5) is 0 Å². The van der Waals surface area contributed by atoms with E-state index < -0.39 is 13.9 Å². The maximum atomic E-state index is 12.7. The van der Waals surface area contributed by atoms with Crippen LogP contribution in [0.1, 0.15) is 54.4 Å². The van der Waals surface area contributed by atoms with E-state index in [2.05, 4.69) is 98.0 Å². The molecule has 3 nitrogen and oxygen atoms in total. The van der Waals surface area contributed by atoms with E-state index in [9.17, 15) is 4.79 Å². The molecule has 168 valence electrons. The first kappa shape index (κ1) is 25.8. The van der Waals surface area contributed by atoms with Crippen LogP contribution in [0.3, 0.4) is 0 Å². The van der Waals surface area contributed by atoms with Crippen LogP contribution in [0.25, 0.3) is 0 Å². The van der Waals surface area contributed by atoms with Gasteiger partial charge in [-0.2, -0.15) is 0 Å². The van der Waals surface area contributed by atoms with E-state index in [1.807, 2.05) is 37.0 Å². The van der Waals surface area contributed by atoms with Gasteiger partial charge in [-0.25, -0.2) is 0 Å². The first-order valence-electron chi connectivity index (χ1n) is 10.8. The molecule has 31 heavy (non-hydrogen) atoms. The minimum Gasteiger partial charge on any atom is -0.460 e. The lowest BCUT2D eigenvalue weighted by Gasteiger charge is -2.45. The predicted molar refractivity (Wildman–Crippen MR) is 141 cm³/mol. The Labute approximate surface area is 202 Å². The Morgan fingerprint density at radius 1 is 0.935 bits per heavy atom. The van der Waals surface area contributed by atoms with Crippen LogP contribution in [-0.2, 0) is 14.0 Å². The molecule has 0 amide bonds. The second-order valence-corrected chi connectivity index (χ2v) is 14.8. The van der Waals surface area contributed by atoms with Gasteiger partial charge >= 0.3 is 5.97 Å². The Morgan fingerprint density at radius 2 is 1.42 bits per heavy atom. The summed E-state index contributed by atoms with van der Waals surface area (Å²) in [5.74, 6) is -0.225. The van der Waals surface area contributed by atoms with E-state index in [4.69, 9.17) is 9.16 Å². The lowest BCUT2D eigenvalue weighted by atomic mass is 10.1. The van der Waals surface area contributed by atoms with Crippen molar-refractivity contribution in [2.45, 2.75) is 71.1 Å². The van der Waals surface area contributed by atoms with Crippen molar-refractivity contribution in [3.8, 4) is 0 Å². The molecular weight excluding hydrogens is 515 g/mol. The molecule has 0 aliphatic rings. The number of carbonyl (C=O) groups excluding carboxylic acids is 1. The van der Waals surface area contributed by atoms with E-state index in [1.165, 1.54) is 10.4 Å².